The van der Waals surface area contributed by atoms with Gasteiger partial charge in [0.25, 0.3) is 5.91 Å². The summed E-state index contributed by atoms with van der Waals surface area (Å²) in [5.74, 6) is 0.546. The van der Waals surface area contributed by atoms with E-state index in [0.29, 0.717) is 9.90 Å². The molecule has 0 saturated heterocycles. The van der Waals surface area contributed by atoms with Crippen molar-refractivity contribution in [2.75, 3.05) is 0 Å². The second-order valence-electron chi connectivity index (χ2n) is 6.05. The summed E-state index contributed by atoms with van der Waals surface area (Å²) in [6.45, 7) is 4.29. The first kappa shape index (κ1) is 15.5. The smallest absolute Gasteiger partial charge is 0.266 e. The van der Waals surface area contributed by atoms with E-state index in [-0.39, 0.29) is 5.91 Å². The number of hydrogen-bond acceptors (Lipinski definition) is 3. The summed E-state index contributed by atoms with van der Waals surface area (Å²) in [5, 5.41) is 5.74. The molecule has 0 bridgehead atoms. The summed E-state index contributed by atoms with van der Waals surface area (Å²) in [6, 6.07) is 6.03. The fourth-order valence-electron chi connectivity index (χ4n) is 2.71. The van der Waals surface area contributed by atoms with E-state index in [4.69, 9.17) is 11.6 Å². The topological polar surface area (TPSA) is 41.5 Å². The summed E-state index contributed by atoms with van der Waals surface area (Å²) >= 11 is 7.77. The molecule has 2 aromatic rings. The molecule has 1 N–H and O–H groups in total. The van der Waals surface area contributed by atoms with E-state index >= 15 is 0 Å². The van der Waals surface area contributed by atoms with Gasteiger partial charge in [0.1, 0.15) is 4.88 Å². The monoisotopic (exact) mass is 334 g/mol. The molecule has 0 spiro atoms. The minimum absolute atomic E-state index is 0.213. The van der Waals surface area contributed by atoms with E-state index in [1.807, 2.05) is 19.1 Å². The second kappa shape index (κ2) is 6.39. The maximum absolute atomic E-state index is 12.3. The zero-order valence-corrected chi connectivity index (χ0v) is 14.4. The molecule has 1 saturated carbocycles. The van der Waals surface area contributed by atoms with Crippen LogP contribution in [0.3, 0.4) is 0 Å². The van der Waals surface area contributed by atoms with Gasteiger partial charge in [0, 0.05) is 15.8 Å². The maximum Gasteiger partial charge on any atom is 0.283 e. The number of rotatable bonds is 2. The number of fused-ring (bicyclic) bond motifs is 1. The van der Waals surface area contributed by atoms with Crippen molar-refractivity contribution >= 4 is 44.6 Å². The Kier molecular flexibility index (Phi) is 4.50. The molecule has 0 aliphatic heterocycles. The Bertz CT molecular complexity index is 740. The van der Waals surface area contributed by atoms with Crippen LogP contribution in [0.1, 0.15) is 47.8 Å². The Labute approximate surface area is 139 Å². The third kappa shape index (κ3) is 3.18. The Morgan fingerprint density at radius 2 is 2.09 bits per heavy atom. The summed E-state index contributed by atoms with van der Waals surface area (Å²) in [7, 11) is 0. The van der Waals surface area contributed by atoms with Crippen LogP contribution in [0.4, 0.5) is 0 Å². The van der Waals surface area contributed by atoms with Gasteiger partial charge < -0.3 is 0 Å². The minimum atomic E-state index is -0.213. The quantitative estimate of drug-likeness (QED) is 0.757. The van der Waals surface area contributed by atoms with Crippen LogP contribution in [0.25, 0.3) is 10.1 Å². The molecule has 0 radical (unpaired) electrons. The van der Waals surface area contributed by atoms with E-state index in [9.17, 15) is 4.79 Å². The first-order valence-electron chi connectivity index (χ1n) is 7.59. The number of benzene rings is 1. The van der Waals surface area contributed by atoms with Gasteiger partial charge in [-0.05, 0) is 50.2 Å². The number of carbonyl (C=O) groups is 1. The zero-order chi connectivity index (χ0) is 15.7. The Hall–Kier alpha value is -1.39. The lowest BCUT2D eigenvalue weighted by Gasteiger charge is -2.18. The molecule has 1 aliphatic rings. The predicted molar refractivity (Wildman–Crippen MR) is 94.1 cm³/mol. The molecular weight excluding hydrogens is 316 g/mol. The summed E-state index contributed by atoms with van der Waals surface area (Å²) in [6.07, 6.45) is 4.25. The van der Waals surface area contributed by atoms with E-state index in [2.05, 4.69) is 23.5 Å². The lowest BCUT2D eigenvalue weighted by molar-refractivity contribution is 0.0959. The van der Waals surface area contributed by atoms with E-state index < -0.39 is 0 Å². The average Bonchev–Trinajstić information content (AvgIpc) is 2.83. The van der Waals surface area contributed by atoms with Crippen molar-refractivity contribution in [2.24, 2.45) is 11.0 Å². The summed E-state index contributed by atoms with van der Waals surface area (Å²) in [5.41, 5.74) is 4.92. The van der Waals surface area contributed by atoms with Crippen molar-refractivity contribution in [3.05, 3.63) is 33.7 Å². The standard InChI is InChI=1S/C17H19ClN2OS/c1-10-3-6-12(7-4-10)19-20-17(21)16-15(18)13-8-5-11(2)9-14(13)22-16/h5,8-10H,3-4,6-7H2,1-2H3,(H,20,21). The van der Waals surface area contributed by atoms with Crippen LogP contribution < -0.4 is 5.43 Å². The van der Waals surface area contributed by atoms with Gasteiger partial charge in [0.15, 0.2) is 0 Å². The van der Waals surface area contributed by atoms with E-state index in [1.54, 1.807) is 0 Å². The number of hydrazone groups is 1. The summed E-state index contributed by atoms with van der Waals surface area (Å²) in [4.78, 5) is 12.9. The van der Waals surface area contributed by atoms with Crippen molar-refractivity contribution in [1.29, 1.82) is 0 Å². The van der Waals surface area contributed by atoms with Gasteiger partial charge in [0.2, 0.25) is 0 Å². The van der Waals surface area contributed by atoms with Crippen LogP contribution >= 0.6 is 22.9 Å². The highest BCUT2D eigenvalue weighted by Gasteiger charge is 2.18. The lowest BCUT2D eigenvalue weighted by Crippen LogP contribution is -2.21. The van der Waals surface area contributed by atoms with Gasteiger partial charge in [-0.15, -0.1) is 11.3 Å². The van der Waals surface area contributed by atoms with Crippen molar-refractivity contribution in [3.63, 3.8) is 0 Å². The third-order valence-corrected chi connectivity index (χ3v) is 5.81. The number of aryl methyl sites for hydroxylation is 1. The van der Waals surface area contributed by atoms with Gasteiger partial charge in [0.05, 0.1) is 5.02 Å². The van der Waals surface area contributed by atoms with Crippen LogP contribution in [0, 0.1) is 12.8 Å². The van der Waals surface area contributed by atoms with Crippen LogP contribution in [0.2, 0.25) is 5.02 Å². The van der Waals surface area contributed by atoms with Crippen molar-refractivity contribution in [2.45, 2.75) is 39.5 Å². The molecule has 3 rings (SSSR count). The number of halogens is 1. The molecule has 116 valence electrons. The molecule has 1 amide bonds. The van der Waals surface area contributed by atoms with Crippen molar-refractivity contribution in [1.82, 2.24) is 5.43 Å². The van der Waals surface area contributed by atoms with Gasteiger partial charge in [-0.3, -0.25) is 4.79 Å². The van der Waals surface area contributed by atoms with E-state index in [1.165, 1.54) is 11.3 Å². The van der Waals surface area contributed by atoms with Crippen molar-refractivity contribution < 1.29 is 4.79 Å². The number of hydrogen-bond donors (Lipinski definition) is 1. The summed E-state index contributed by atoms with van der Waals surface area (Å²) < 4.78 is 1.04. The van der Waals surface area contributed by atoms with Gasteiger partial charge in [-0.25, -0.2) is 5.43 Å². The number of nitrogens with one attached hydrogen (secondary N) is 1. The molecule has 5 heteroatoms. The fourth-order valence-corrected chi connectivity index (χ4v) is 4.21. The predicted octanol–water partition coefficient (Wildman–Crippen LogP) is 5.16. The molecular formula is C17H19ClN2OS. The fraction of sp³-hybridized carbons (Fsp3) is 0.412. The first-order chi connectivity index (χ1) is 10.5. The first-order valence-corrected chi connectivity index (χ1v) is 8.78. The Morgan fingerprint density at radius 3 is 2.82 bits per heavy atom. The molecule has 3 nitrogen and oxygen atoms in total. The van der Waals surface area contributed by atoms with Crippen LogP contribution in [-0.2, 0) is 0 Å². The molecule has 1 aromatic heterocycles. The number of thiophene rings is 1. The Morgan fingerprint density at radius 1 is 1.36 bits per heavy atom. The highest BCUT2D eigenvalue weighted by atomic mass is 35.5. The molecule has 1 heterocycles. The van der Waals surface area contributed by atoms with Gasteiger partial charge in [-0.2, -0.15) is 5.10 Å². The van der Waals surface area contributed by atoms with Gasteiger partial charge >= 0.3 is 0 Å². The highest BCUT2D eigenvalue weighted by molar-refractivity contribution is 7.21. The SMILES string of the molecule is Cc1ccc2c(Cl)c(C(=O)NN=C3CCC(C)CC3)sc2c1. The van der Waals surface area contributed by atoms with Crippen LogP contribution in [0.15, 0.2) is 23.3 Å². The molecule has 0 atom stereocenters. The maximum atomic E-state index is 12.3. The normalized spacial score (nSPS) is 18.5. The highest BCUT2D eigenvalue weighted by Crippen LogP contribution is 2.35. The lowest BCUT2D eigenvalue weighted by atomic mass is 9.90. The molecule has 1 fully saturated rings. The largest absolute Gasteiger partial charge is 0.283 e. The molecule has 22 heavy (non-hydrogen) atoms. The van der Waals surface area contributed by atoms with Gasteiger partial charge in [-0.1, -0.05) is 30.7 Å². The average molecular weight is 335 g/mol. The Balaban J connectivity index is 1.78. The third-order valence-electron chi connectivity index (χ3n) is 4.16. The number of carbonyl (C=O) groups excluding carboxylic acids is 1. The minimum Gasteiger partial charge on any atom is -0.266 e. The second-order valence-corrected chi connectivity index (χ2v) is 7.48. The number of nitrogens with zero attached hydrogens (tertiary/aromatic N) is 1. The zero-order valence-electron chi connectivity index (χ0n) is 12.8. The molecule has 1 aromatic carbocycles. The van der Waals surface area contributed by atoms with E-state index in [0.717, 1.165) is 53.0 Å². The molecule has 0 unspecified atom stereocenters. The van der Waals surface area contributed by atoms with Crippen LogP contribution in [0.5, 0.6) is 0 Å². The van der Waals surface area contributed by atoms with Crippen LogP contribution in [-0.4, -0.2) is 11.6 Å². The number of amides is 1. The van der Waals surface area contributed by atoms with Crippen molar-refractivity contribution in [3.8, 4) is 0 Å². The molecule has 1 aliphatic carbocycles.